The molecule has 2 unspecified atom stereocenters. The highest BCUT2D eigenvalue weighted by Crippen LogP contribution is 2.39. The SMILES string of the molecule is CCOc1cc(C2NC(=O)N=C(c3ccccc3)C2c2ccccc2)cc2oc(=O)[nH]c12. The zero-order valence-electron chi connectivity index (χ0n) is 17.4. The first-order chi connectivity index (χ1) is 15.6. The van der Waals surface area contributed by atoms with Crippen LogP contribution in [0.25, 0.3) is 11.1 Å². The molecule has 0 spiro atoms. The van der Waals surface area contributed by atoms with Crippen LogP contribution in [-0.2, 0) is 0 Å². The summed E-state index contributed by atoms with van der Waals surface area (Å²) in [6.07, 6.45) is 0. The van der Waals surface area contributed by atoms with Gasteiger partial charge in [0.15, 0.2) is 5.58 Å². The maximum Gasteiger partial charge on any atom is 0.417 e. The predicted octanol–water partition coefficient (Wildman–Crippen LogP) is 4.56. The lowest BCUT2D eigenvalue weighted by Crippen LogP contribution is -2.40. The number of hydrogen-bond donors (Lipinski definition) is 2. The van der Waals surface area contributed by atoms with Crippen molar-refractivity contribution in [3.8, 4) is 5.75 Å². The number of aliphatic imine (C=N–C) groups is 1. The largest absolute Gasteiger partial charge is 0.492 e. The van der Waals surface area contributed by atoms with Crippen molar-refractivity contribution in [1.29, 1.82) is 0 Å². The second-order valence-corrected chi connectivity index (χ2v) is 7.52. The Kier molecular flexibility index (Phi) is 5.07. The van der Waals surface area contributed by atoms with Gasteiger partial charge in [-0.15, -0.1) is 0 Å². The number of fused-ring (bicyclic) bond motifs is 1. The number of H-pyrrole nitrogens is 1. The lowest BCUT2D eigenvalue weighted by molar-refractivity contribution is 0.243. The van der Waals surface area contributed by atoms with Gasteiger partial charge in [-0.2, -0.15) is 4.99 Å². The summed E-state index contributed by atoms with van der Waals surface area (Å²) in [4.78, 5) is 31.6. The zero-order valence-corrected chi connectivity index (χ0v) is 17.4. The highest BCUT2D eigenvalue weighted by Gasteiger charge is 2.36. The van der Waals surface area contributed by atoms with E-state index in [9.17, 15) is 9.59 Å². The van der Waals surface area contributed by atoms with E-state index in [-0.39, 0.29) is 5.92 Å². The van der Waals surface area contributed by atoms with Gasteiger partial charge < -0.3 is 14.5 Å². The van der Waals surface area contributed by atoms with E-state index in [0.29, 0.717) is 29.2 Å². The van der Waals surface area contributed by atoms with Crippen molar-refractivity contribution in [3.63, 3.8) is 0 Å². The first-order valence-electron chi connectivity index (χ1n) is 10.4. The molecular formula is C25H21N3O4. The molecule has 2 amide bonds. The predicted molar refractivity (Wildman–Crippen MR) is 121 cm³/mol. The highest BCUT2D eigenvalue weighted by molar-refractivity contribution is 6.12. The first-order valence-corrected chi connectivity index (χ1v) is 10.4. The maximum absolute atomic E-state index is 12.7. The highest BCUT2D eigenvalue weighted by atomic mass is 16.5. The summed E-state index contributed by atoms with van der Waals surface area (Å²) >= 11 is 0. The summed E-state index contributed by atoms with van der Waals surface area (Å²) in [5.74, 6) is -0.318. The van der Waals surface area contributed by atoms with Gasteiger partial charge in [0, 0.05) is 0 Å². The van der Waals surface area contributed by atoms with Crippen LogP contribution in [-0.4, -0.2) is 23.3 Å². The Balaban J connectivity index is 1.71. The number of urea groups is 1. The fraction of sp³-hybridized carbons (Fsp3) is 0.160. The fourth-order valence-corrected chi connectivity index (χ4v) is 4.22. The topological polar surface area (TPSA) is 96.7 Å². The molecule has 5 rings (SSSR count). The van der Waals surface area contributed by atoms with Gasteiger partial charge in [-0.3, -0.25) is 4.98 Å². The van der Waals surface area contributed by atoms with E-state index >= 15 is 0 Å². The Hall–Kier alpha value is -4.13. The molecule has 2 heterocycles. The van der Waals surface area contributed by atoms with Crippen LogP contribution >= 0.6 is 0 Å². The van der Waals surface area contributed by atoms with Crippen molar-refractivity contribution in [1.82, 2.24) is 10.3 Å². The van der Waals surface area contributed by atoms with Gasteiger partial charge in [0.2, 0.25) is 0 Å². The van der Waals surface area contributed by atoms with Crippen molar-refractivity contribution < 1.29 is 13.9 Å². The van der Waals surface area contributed by atoms with E-state index in [4.69, 9.17) is 9.15 Å². The lowest BCUT2D eigenvalue weighted by atomic mass is 9.80. The number of aromatic amines is 1. The fourth-order valence-electron chi connectivity index (χ4n) is 4.22. The monoisotopic (exact) mass is 427 g/mol. The van der Waals surface area contributed by atoms with Crippen molar-refractivity contribution in [2.75, 3.05) is 6.61 Å². The first kappa shape index (κ1) is 19.8. The third-order valence-corrected chi connectivity index (χ3v) is 5.53. The van der Waals surface area contributed by atoms with Crippen LogP contribution in [0.1, 0.15) is 35.6 Å². The molecule has 3 aromatic carbocycles. The van der Waals surface area contributed by atoms with Crippen molar-refractivity contribution >= 4 is 22.8 Å². The van der Waals surface area contributed by atoms with Gasteiger partial charge in [0.1, 0.15) is 11.3 Å². The molecule has 7 nitrogen and oxygen atoms in total. The number of benzene rings is 3. The second-order valence-electron chi connectivity index (χ2n) is 7.52. The smallest absolute Gasteiger partial charge is 0.417 e. The van der Waals surface area contributed by atoms with Crippen LogP contribution in [0.2, 0.25) is 0 Å². The molecule has 2 atom stereocenters. The minimum Gasteiger partial charge on any atom is -0.492 e. The molecule has 32 heavy (non-hydrogen) atoms. The average molecular weight is 427 g/mol. The Morgan fingerprint density at radius 3 is 2.41 bits per heavy atom. The number of oxazole rings is 1. The summed E-state index contributed by atoms with van der Waals surface area (Å²) in [5.41, 5.74) is 4.19. The molecule has 0 fully saturated rings. The number of hydrogen-bond acceptors (Lipinski definition) is 4. The normalized spacial score (nSPS) is 18.3. The van der Waals surface area contributed by atoms with Crippen LogP contribution in [0.3, 0.4) is 0 Å². The summed E-state index contributed by atoms with van der Waals surface area (Å²) < 4.78 is 11.1. The van der Waals surface area contributed by atoms with Gasteiger partial charge in [0.25, 0.3) is 0 Å². The number of ether oxygens (including phenoxy) is 1. The van der Waals surface area contributed by atoms with Gasteiger partial charge in [-0.25, -0.2) is 9.59 Å². The molecule has 1 aliphatic rings. The summed E-state index contributed by atoms with van der Waals surface area (Å²) in [6, 6.07) is 22.3. The Morgan fingerprint density at radius 2 is 1.69 bits per heavy atom. The molecule has 2 N–H and O–H groups in total. The minimum atomic E-state index is -0.558. The molecule has 0 bridgehead atoms. The molecule has 1 aliphatic heterocycles. The zero-order chi connectivity index (χ0) is 22.1. The Labute approximate surface area is 183 Å². The van der Waals surface area contributed by atoms with E-state index in [0.717, 1.165) is 16.7 Å². The lowest BCUT2D eigenvalue weighted by Gasteiger charge is -2.33. The number of amides is 2. The summed E-state index contributed by atoms with van der Waals surface area (Å²) in [5, 5.41) is 3.01. The van der Waals surface area contributed by atoms with Crippen LogP contribution in [0, 0.1) is 0 Å². The van der Waals surface area contributed by atoms with Gasteiger partial charge in [-0.05, 0) is 35.7 Å². The molecule has 7 heteroatoms. The number of aromatic nitrogens is 1. The van der Waals surface area contributed by atoms with Crippen LogP contribution in [0.15, 0.2) is 87.0 Å². The van der Waals surface area contributed by atoms with Crippen molar-refractivity contribution in [2.45, 2.75) is 18.9 Å². The van der Waals surface area contributed by atoms with E-state index in [1.165, 1.54) is 0 Å². The van der Waals surface area contributed by atoms with E-state index in [1.54, 1.807) is 6.07 Å². The van der Waals surface area contributed by atoms with Crippen molar-refractivity contribution in [3.05, 3.63) is 100 Å². The molecule has 0 saturated heterocycles. The third-order valence-electron chi connectivity index (χ3n) is 5.53. The Morgan fingerprint density at radius 1 is 0.969 bits per heavy atom. The number of nitrogens with zero attached hydrogens (tertiary/aromatic N) is 1. The number of carbonyl (C=O) groups is 1. The maximum atomic E-state index is 12.7. The molecular weight excluding hydrogens is 406 g/mol. The van der Waals surface area contributed by atoms with Crippen LogP contribution < -0.4 is 15.8 Å². The molecule has 0 radical (unpaired) electrons. The number of carbonyl (C=O) groups excluding carboxylic acids is 1. The molecule has 0 saturated carbocycles. The standard InChI is InChI=1S/C25H21N3O4/c1-2-31-18-13-17(14-19-23(18)28-25(30)32-19)22-20(15-9-5-3-6-10-15)21(26-24(29)27-22)16-11-7-4-8-12-16/h3-14,20,22H,2H2,1H3,(H,27,29)(H,28,30). The number of rotatable bonds is 5. The van der Waals surface area contributed by atoms with E-state index in [1.807, 2.05) is 73.7 Å². The molecule has 1 aromatic heterocycles. The van der Waals surface area contributed by atoms with Gasteiger partial charge >= 0.3 is 11.8 Å². The molecule has 0 aliphatic carbocycles. The van der Waals surface area contributed by atoms with E-state index in [2.05, 4.69) is 15.3 Å². The minimum absolute atomic E-state index is 0.256. The van der Waals surface area contributed by atoms with Crippen LogP contribution in [0.4, 0.5) is 4.79 Å². The van der Waals surface area contributed by atoms with Gasteiger partial charge in [-0.1, -0.05) is 60.7 Å². The second kappa shape index (κ2) is 8.19. The molecule has 160 valence electrons. The van der Waals surface area contributed by atoms with Crippen molar-refractivity contribution in [2.24, 2.45) is 4.99 Å². The quantitative estimate of drug-likeness (QED) is 0.488. The van der Waals surface area contributed by atoms with Crippen LogP contribution in [0.5, 0.6) is 5.75 Å². The summed E-state index contributed by atoms with van der Waals surface area (Å²) in [6.45, 7) is 2.29. The summed E-state index contributed by atoms with van der Waals surface area (Å²) in [7, 11) is 0. The third kappa shape index (κ3) is 3.58. The molecule has 4 aromatic rings. The Bertz CT molecular complexity index is 1360. The van der Waals surface area contributed by atoms with Gasteiger partial charge in [0.05, 0.1) is 24.3 Å². The average Bonchev–Trinajstić information content (AvgIpc) is 3.20. The van der Waals surface area contributed by atoms with E-state index < -0.39 is 17.8 Å². The number of nitrogens with one attached hydrogen (secondary N) is 2.